The minimum atomic E-state index is -3.60. The Morgan fingerprint density at radius 3 is 1.89 bits per heavy atom. The van der Waals surface area contributed by atoms with Crippen molar-refractivity contribution in [3.8, 4) is 5.75 Å². The van der Waals surface area contributed by atoms with Crippen LogP contribution in [-0.4, -0.2) is 0 Å². The van der Waals surface area contributed by atoms with Crippen LogP contribution in [0.15, 0.2) is 18.2 Å². The van der Waals surface area contributed by atoms with Crippen LogP contribution in [0.4, 0.5) is 0 Å². The summed E-state index contributed by atoms with van der Waals surface area (Å²) < 4.78 is 16.7. The molecule has 1 aromatic rings. The molecule has 0 aliphatic carbocycles. The summed E-state index contributed by atoms with van der Waals surface area (Å²) in [5.74, 6) is 0.480. The van der Waals surface area contributed by atoms with Crippen molar-refractivity contribution in [3.63, 3.8) is 0 Å². The highest BCUT2D eigenvalue weighted by atomic mass is 35.9. The molecule has 0 bridgehead atoms. The van der Waals surface area contributed by atoms with E-state index in [9.17, 15) is 4.57 Å². The highest BCUT2D eigenvalue weighted by Gasteiger charge is 2.26. The normalized spacial score (nSPS) is 13.5. The summed E-state index contributed by atoms with van der Waals surface area (Å²) in [6.45, 7) is 12.6. The molecule has 0 spiro atoms. The number of benzene rings is 1. The van der Waals surface area contributed by atoms with Gasteiger partial charge in [-0.05, 0) is 22.5 Å². The monoisotopic (exact) mass is 322 g/mol. The van der Waals surface area contributed by atoms with Gasteiger partial charge in [-0.1, -0.05) is 53.7 Å². The summed E-state index contributed by atoms with van der Waals surface area (Å²) in [4.78, 5) is 0. The zero-order valence-electron chi connectivity index (χ0n) is 12.3. The smallest absolute Gasteiger partial charge is 0.422 e. The Hall–Kier alpha value is -0.170. The average molecular weight is 323 g/mol. The molecular weight excluding hydrogens is 302 g/mol. The van der Waals surface area contributed by atoms with E-state index in [1.807, 2.05) is 6.07 Å². The van der Waals surface area contributed by atoms with Gasteiger partial charge in [-0.25, -0.2) is 4.57 Å². The second kappa shape index (κ2) is 5.31. The van der Waals surface area contributed by atoms with Crippen molar-refractivity contribution in [2.45, 2.75) is 52.4 Å². The molecule has 0 unspecified atom stereocenters. The Labute approximate surface area is 125 Å². The molecule has 1 rings (SSSR count). The third-order valence-corrected chi connectivity index (χ3v) is 3.68. The van der Waals surface area contributed by atoms with E-state index in [-0.39, 0.29) is 10.8 Å². The van der Waals surface area contributed by atoms with Crippen LogP contribution >= 0.6 is 28.6 Å². The lowest BCUT2D eigenvalue weighted by atomic mass is 9.80. The van der Waals surface area contributed by atoms with E-state index in [1.165, 1.54) is 5.56 Å². The van der Waals surface area contributed by atoms with Gasteiger partial charge in [0.05, 0.1) is 0 Å². The van der Waals surface area contributed by atoms with Crippen molar-refractivity contribution >= 4 is 28.6 Å². The fraction of sp³-hybridized carbons (Fsp3) is 0.571. The molecule has 19 heavy (non-hydrogen) atoms. The van der Waals surface area contributed by atoms with Gasteiger partial charge in [0.25, 0.3) is 0 Å². The van der Waals surface area contributed by atoms with E-state index in [0.29, 0.717) is 5.75 Å². The molecule has 5 heteroatoms. The van der Waals surface area contributed by atoms with Gasteiger partial charge in [-0.15, -0.1) is 0 Å². The van der Waals surface area contributed by atoms with Gasteiger partial charge in [0.1, 0.15) is 5.75 Å². The number of halogens is 2. The van der Waals surface area contributed by atoms with E-state index in [2.05, 4.69) is 47.6 Å². The molecule has 0 saturated carbocycles. The summed E-state index contributed by atoms with van der Waals surface area (Å²) in [6, 6.07) is 5.81. The van der Waals surface area contributed by atoms with Crippen molar-refractivity contribution < 1.29 is 9.09 Å². The topological polar surface area (TPSA) is 26.3 Å². The predicted molar refractivity (Wildman–Crippen MR) is 83.8 cm³/mol. The van der Waals surface area contributed by atoms with Crippen molar-refractivity contribution in [2.75, 3.05) is 0 Å². The quantitative estimate of drug-likeness (QED) is 0.602. The molecular formula is C14H21Cl2O2P. The lowest BCUT2D eigenvalue weighted by Crippen LogP contribution is -2.17. The van der Waals surface area contributed by atoms with E-state index in [4.69, 9.17) is 27.0 Å². The van der Waals surface area contributed by atoms with Crippen molar-refractivity contribution in [3.05, 3.63) is 29.3 Å². The minimum Gasteiger partial charge on any atom is -0.422 e. The van der Waals surface area contributed by atoms with Crippen LogP contribution < -0.4 is 4.52 Å². The van der Waals surface area contributed by atoms with Crippen LogP contribution in [0.1, 0.15) is 52.7 Å². The summed E-state index contributed by atoms with van der Waals surface area (Å²) in [5, 5.41) is 0. The highest BCUT2D eigenvalue weighted by Crippen LogP contribution is 2.58. The molecule has 0 saturated heterocycles. The van der Waals surface area contributed by atoms with Gasteiger partial charge in [0, 0.05) is 28.0 Å². The molecule has 1 aromatic carbocycles. The Morgan fingerprint density at radius 2 is 1.53 bits per heavy atom. The molecule has 0 atom stereocenters. The summed E-state index contributed by atoms with van der Waals surface area (Å²) in [7, 11) is 0. The van der Waals surface area contributed by atoms with Crippen LogP contribution in [0.25, 0.3) is 0 Å². The fourth-order valence-electron chi connectivity index (χ4n) is 1.78. The molecule has 0 aliphatic rings. The summed E-state index contributed by atoms with van der Waals surface area (Å²) >= 11 is 11.0. The SMILES string of the molecule is CC(C)(C)c1ccc(OP(=O)(Cl)Cl)c(C(C)(C)C)c1. The summed E-state index contributed by atoms with van der Waals surface area (Å²) in [5.41, 5.74) is 2.01. The predicted octanol–water partition coefficient (Wildman–Crippen LogP) is 6.25. The Kier molecular flexibility index (Phi) is 4.72. The van der Waals surface area contributed by atoms with Gasteiger partial charge in [0.15, 0.2) is 0 Å². The molecule has 0 amide bonds. The van der Waals surface area contributed by atoms with Crippen LogP contribution in [-0.2, 0) is 15.4 Å². The first-order chi connectivity index (χ1) is 8.31. The zero-order valence-corrected chi connectivity index (χ0v) is 14.7. The molecule has 0 radical (unpaired) electrons. The average Bonchev–Trinajstić information content (AvgIpc) is 2.11. The molecule has 0 heterocycles. The van der Waals surface area contributed by atoms with Crippen molar-refractivity contribution in [1.82, 2.24) is 0 Å². The van der Waals surface area contributed by atoms with E-state index in [0.717, 1.165) is 5.56 Å². The maximum atomic E-state index is 11.5. The van der Waals surface area contributed by atoms with Gasteiger partial charge in [0.2, 0.25) is 0 Å². The fourth-order valence-corrected chi connectivity index (χ4v) is 2.61. The van der Waals surface area contributed by atoms with Gasteiger partial charge >= 0.3 is 6.07 Å². The highest BCUT2D eigenvalue weighted by molar-refractivity contribution is 8.05. The first-order valence-electron chi connectivity index (χ1n) is 6.15. The molecule has 0 N–H and O–H groups in total. The maximum absolute atomic E-state index is 11.5. The zero-order chi connectivity index (χ0) is 15.1. The Morgan fingerprint density at radius 1 is 1.00 bits per heavy atom. The second-order valence-corrected chi connectivity index (χ2v) is 10.9. The third-order valence-electron chi connectivity index (χ3n) is 2.86. The lowest BCUT2D eigenvalue weighted by molar-refractivity contribution is 0.491. The number of rotatable bonds is 2. The standard InChI is InChI=1S/C14H21Cl2O2P/c1-13(2,3)10-7-8-12(18-19(15,16)17)11(9-10)14(4,5)6/h7-9H,1-6H3. The molecule has 0 fully saturated rings. The van der Waals surface area contributed by atoms with Crippen molar-refractivity contribution in [1.29, 1.82) is 0 Å². The van der Waals surface area contributed by atoms with Crippen LogP contribution in [0.2, 0.25) is 0 Å². The molecule has 108 valence electrons. The van der Waals surface area contributed by atoms with Crippen molar-refractivity contribution in [2.24, 2.45) is 0 Å². The first kappa shape index (κ1) is 16.9. The maximum Gasteiger partial charge on any atom is 0.428 e. The van der Waals surface area contributed by atoms with Gasteiger partial charge in [-0.3, -0.25) is 0 Å². The van der Waals surface area contributed by atoms with Gasteiger partial charge < -0.3 is 4.52 Å². The van der Waals surface area contributed by atoms with E-state index in [1.54, 1.807) is 6.07 Å². The minimum absolute atomic E-state index is 0.0319. The molecule has 0 aromatic heterocycles. The van der Waals surface area contributed by atoms with E-state index >= 15 is 0 Å². The summed E-state index contributed by atoms with van der Waals surface area (Å²) in [6.07, 6.45) is -3.60. The number of hydrogen-bond acceptors (Lipinski definition) is 2. The molecule has 0 aliphatic heterocycles. The molecule has 2 nitrogen and oxygen atoms in total. The number of hydrogen-bond donors (Lipinski definition) is 0. The van der Waals surface area contributed by atoms with Gasteiger partial charge in [-0.2, -0.15) is 0 Å². The third kappa shape index (κ3) is 5.02. The lowest BCUT2D eigenvalue weighted by Gasteiger charge is -2.27. The largest absolute Gasteiger partial charge is 0.428 e. The van der Waals surface area contributed by atoms with Crippen LogP contribution in [0.5, 0.6) is 5.75 Å². The van der Waals surface area contributed by atoms with Crippen LogP contribution in [0.3, 0.4) is 0 Å². The Balaban J connectivity index is 3.38. The second-order valence-electron chi connectivity index (χ2n) is 6.72. The van der Waals surface area contributed by atoms with Crippen LogP contribution in [0, 0.1) is 0 Å². The first-order valence-corrected chi connectivity index (χ1v) is 9.58. The van der Waals surface area contributed by atoms with E-state index < -0.39 is 6.07 Å². The Bertz CT molecular complexity index is 507.